The summed E-state index contributed by atoms with van der Waals surface area (Å²) in [4.78, 5) is 15.0. The molecule has 3 unspecified atom stereocenters. The lowest BCUT2D eigenvalue weighted by atomic mass is 9.58. The molecule has 2 aromatic carbocycles. The summed E-state index contributed by atoms with van der Waals surface area (Å²) < 4.78 is 44.3. The van der Waals surface area contributed by atoms with E-state index in [4.69, 9.17) is 4.74 Å². The van der Waals surface area contributed by atoms with E-state index in [1.54, 1.807) is 13.2 Å². The number of halogens is 3. The maximum absolute atomic E-state index is 12.9. The number of hydrogen-bond donors (Lipinski definition) is 1. The Kier molecular flexibility index (Phi) is 7.03. The number of ether oxygens (including phenoxy) is 1. The Labute approximate surface area is 198 Å². The van der Waals surface area contributed by atoms with Crippen molar-refractivity contribution in [3.05, 3.63) is 71.3 Å². The van der Waals surface area contributed by atoms with Crippen molar-refractivity contribution in [1.82, 2.24) is 10.2 Å². The van der Waals surface area contributed by atoms with Gasteiger partial charge in [-0.1, -0.05) is 24.3 Å². The summed E-state index contributed by atoms with van der Waals surface area (Å²) in [5.41, 5.74) is 0.832. The number of fused-ring (bicyclic) bond motifs is 1. The van der Waals surface area contributed by atoms with E-state index < -0.39 is 11.7 Å². The summed E-state index contributed by atoms with van der Waals surface area (Å²) in [5, 5.41) is 3.11. The number of nitrogens with zero attached hydrogens (tertiary/aromatic N) is 1. The first-order valence-corrected chi connectivity index (χ1v) is 11.7. The van der Waals surface area contributed by atoms with E-state index in [1.165, 1.54) is 23.8 Å². The molecule has 1 heterocycles. The second-order valence-corrected chi connectivity index (χ2v) is 9.54. The minimum Gasteiger partial charge on any atom is -0.497 e. The first kappa shape index (κ1) is 24.3. The fourth-order valence-electron chi connectivity index (χ4n) is 5.61. The summed E-state index contributed by atoms with van der Waals surface area (Å²) in [7, 11) is 3.82. The molecule has 1 amide bonds. The third-order valence-corrected chi connectivity index (χ3v) is 7.36. The van der Waals surface area contributed by atoms with E-state index >= 15 is 0 Å². The smallest absolute Gasteiger partial charge is 0.416 e. The number of benzene rings is 2. The highest BCUT2D eigenvalue weighted by atomic mass is 19.4. The first-order chi connectivity index (χ1) is 16.2. The molecule has 1 N–H and O–H groups in total. The predicted molar refractivity (Wildman–Crippen MR) is 127 cm³/mol. The second kappa shape index (κ2) is 9.82. The summed E-state index contributed by atoms with van der Waals surface area (Å²) in [5.74, 6) is 1.04. The molecule has 34 heavy (non-hydrogen) atoms. The van der Waals surface area contributed by atoms with Crippen LogP contribution in [0.3, 0.4) is 0 Å². The fourth-order valence-corrected chi connectivity index (χ4v) is 5.61. The topological polar surface area (TPSA) is 41.6 Å². The van der Waals surface area contributed by atoms with Gasteiger partial charge in [-0.05, 0) is 86.7 Å². The number of carbonyl (C=O) groups is 1. The average Bonchev–Trinajstić information content (AvgIpc) is 2.82. The summed E-state index contributed by atoms with van der Waals surface area (Å²) >= 11 is 0. The highest BCUT2D eigenvalue weighted by Crippen LogP contribution is 2.49. The molecule has 1 aliphatic carbocycles. The maximum atomic E-state index is 12.9. The number of alkyl halides is 3. The van der Waals surface area contributed by atoms with Gasteiger partial charge in [0.2, 0.25) is 5.91 Å². The number of piperidine rings is 1. The van der Waals surface area contributed by atoms with Gasteiger partial charge in [0.05, 0.1) is 12.7 Å². The highest BCUT2D eigenvalue weighted by molar-refractivity contribution is 5.91. The molecule has 1 aliphatic heterocycles. The van der Waals surface area contributed by atoms with Gasteiger partial charge < -0.3 is 15.0 Å². The quantitative estimate of drug-likeness (QED) is 0.602. The molecule has 0 aromatic heterocycles. The van der Waals surface area contributed by atoms with Crippen molar-refractivity contribution < 1.29 is 22.7 Å². The molecule has 1 saturated carbocycles. The molecular formula is C27H31F3N2O2. The molecule has 0 radical (unpaired) electrons. The summed E-state index contributed by atoms with van der Waals surface area (Å²) in [6, 6.07) is 13.2. The normalized spacial score (nSPS) is 25.7. The number of rotatable bonds is 5. The molecule has 4 nitrogen and oxygen atoms in total. The minimum atomic E-state index is -4.41. The van der Waals surface area contributed by atoms with E-state index in [1.807, 2.05) is 12.1 Å². The largest absolute Gasteiger partial charge is 0.497 e. The lowest BCUT2D eigenvalue weighted by molar-refractivity contribution is -0.137. The van der Waals surface area contributed by atoms with Crippen molar-refractivity contribution in [3.8, 4) is 5.75 Å². The van der Waals surface area contributed by atoms with Crippen LogP contribution < -0.4 is 10.1 Å². The molecule has 7 heteroatoms. The average molecular weight is 473 g/mol. The molecule has 4 rings (SSSR count). The van der Waals surface area contributed by atoms with Gasteiger partial charge in [-0.3, -0.25) is 4.79 Å². The van der Waals surface area contributed by atoms with Crippen molar-refractivity contribution in [2.75, 3.05) is 27.2 Å². The molecule has 182 valence electrons. The SMILES string of the molecule is COc1cccc(C23CCN(C)CC2CCC(NC(=O)/C=C/c2cccc(C(F)(F)F)c2)C3)c1. The Balaban J connectivity index is 1.49. The minimum absolute atomic E-state index is 0.00418. The maximum Gasteiger partial charge on any atom is 0.416 e. The zero-order valence-corrected chi connectivity index (χ0v) is 19.6. The van der Waals surface area contributed by atoms with Crippen LogP contribution in [0, 0.1) is 5.92 Å². The molecular weight excluding hydrogens is 441 g/mol. The molecule has 2 aromatic rings. The Morgan fingerprint density at radius 3 is 2.74 bits per heavy atom. The number of amides is 1. The van der Waals surface area contributed by atoms with E-state index in [0.29, 0.717) is 11.5 Å². The lowest BCUT2D eigenvalue weighted by Gasteiger charge is -2.52. The molecule has 3 atom stereocenters. The number of likely N-dealkylation sites (tertiary alicyclic amines) is 1. The third-order valence-electron chi connectivity index (χ3n) is 7.36. The zero-order valence-electron chi connectivity index (χ0n) is 19.6. The van der Waals surface area contributed by atoms with E-state index in [2.05, 4.69) is 29.4 Å². The van der Waals surface area contributed by atoms with Gasteiger partial charge in [-0.2, -0.15) is 13.2 Å². The molecule has 0 spiro atoms. The second-order valence-electron chi connectivity index (χ2n) is 9.54. The van der Waals surface area contributed by atoms with Crippen molar-refractivity contribution in [2.24, 2.45) is 5.92 Å². The van der Waals surface area contributed by atoms with Crippen molar-refractivity contribution in [1.29, 1.82) is 0 Å². The molecule has 0 bridgehead atoms. The van der Waals surface area contributed by atoms with Gasteiger partial charge >= 0.3 is 6.18 Å². The Morgan fingerprint density at radius 2 is 1.97 bits per heavy atom. The van der Waals surface area contributed by atoms with Crippen LogP contribution in [0.5, 0.6) is 5.75 Å². The van der Waals surface area contributed by atoms with Crippen LogP contribution in [-0.4, -0.2) is 44.1 Å². The number of hydrogen-bond acceptors (Lipinski definition) is 3. The number of carbonyl (C=O) groups excluding carboxylic acids is 1. The van der Waals surface area contributed by atoms with Crippen LogP contribution in [0.1, 0.15) is 42.4 Å². The van der Waals surface area contributed by atoms with Gasteiger partial charge in [-0.25, -0.2) is 0 Å². The van der Waals surface area contributed by atoms with Gasteiger partial charge in [0, 0.05) is 24.1 Å². The third kappa shape index (κ3) is 5.30. The van der Waals surface area contributed by atoms with Crippen LogP contribution in [0.15, 0.2) is 54.6 Å². The van der Waals surface area contributed by atoms with Crippen LogP contribution in [0.4, 0.5) is 13.2 Å². The van der Waals surface area contributed by atoms with Crippen molar-refractivity contribution in [3.63, 3.8) is 0 Å². The highest BCUT2D eigenvalue weighted by Gasteiger charge is 2.47. The van der Waals surface area contributed by atoms with Crippen LogP contribution in [0.2, 0.25) is 0 Å². The lowest BCUT2D eigenvalue weighted by Crippen LogP contribution is -2.55. The molecule has 2 fully saturated rings. The Bertz CT molecular complexity index is 1050. The van der Waals surface area contributed by atoms with E-state index in [-0.39, 0.29) is 17.4 Å². The zero-order chi connectivity index (χ0) is 24.3. The Hall–Kier alpha value is -2.80. The monoisotopic (exact) mass is 472 g/mol. The van der Waals surface area contributed by atoms with Gasteiger partial charge in [0.25, 0.3) is 0 Å². The fraction of sp³-hybridized carbons (Fsp3) is 0.444. The molecule has 1 saturated heterocycles. The van der Waals surface area contributed by atoms with Gasteiger partial charge in [-0.15, -0.1) is 0 Å². The number of methoxy groups -OCH3 is 1. The summed E-state index contributed by atoms with van der Waals surface area (Å²) in [6.07, 6.45) is 2.08. The van der Waals surface area contributed by atoms with Crippen LogP contribution >= 0.6 is 0 Å². The Morgan fingerprint density at radius 1 is 1.18 bits per heavy atom. The van der Waals surface area contributed by atoms with E-state index in [0.717, 1.165) is 56.7 Å². The van der Waals surface area contributed by atoms with Crippen LogP contribution in [-0.2, 0) is 16.4 Å². The van der Waals surface area contributed by atoms with Crippen LogP contribution in [0.25, 0.3) is 6.08 Å². The van der Waals surface area contributed by atoms with Gasteiger partial charge in [0.15, 0.2) is 0 Å². The van der Waals surface area contributed by atoms with Gasteiger partial charge in [0.1, 0.15) is 5.75 Å². The number of nitrogens with one attached hydrogen (secondary N) is 1. The first-order valence-electron chi connectivity index (χ1n) is 11.7. The summed E-state index contributed by atoms with van der Waals surface area (Å²) in [6.45, 7) is 2.01. The predicted octanol–water partition coefficient (Wildman–Crippen LogP) is 5.29. The molecule has 2 aliphatic rings. The van der Waals surface area contributed by atoms with Crippen molar-refractivity contribution >= 4 is 12.0 Å². The van der Waals surface area contributed by atoms with E-state index in [9.17, 15) is 18.0 Å². The standard InChI is InChI=1S/C27H31F3N2O2/c1-32-14-13-26(20-6-4-8-24(16-20)34-2)17-23(11-10-22(26)18-32)31-25(33)12-9-19-5-3-7-21(15-19)27(28,29)30/h3-9,12,15-16,22-23H,10-11,13-14,17-18H2,1-2H3,(H,31,33)/b12-9+. The van der Waals surface area contributed by atoms with Crippen molar-refractivity contribution in [2.45, 2.75) is 43.3 Å².